The van der Waals surface area contributed by atoms with Crippen LogP contribution in [-0.2, 0) is 0 Å². The van der Waals surface area contributed by atoms with Gasteiger partial charge < -0.3 is 5.32 Å². The first-order valence-corrected chi connectivity index (χ1v) is 6.91. The molecule has 0 heterocycles. The van der Waals surface area contributed by atoms with Gasteiger partial charge in [0, 0.05) is 4.47 Å². The number of nitrogens with one attached hydrogen (secondary N) is 1. The lowest BCUT2D eigenvalue weighted by Gasteiger charge is -2.20. The van der Waals surface area contributed by atoms with Gasteiger partial charge in [-0.25, -0.2) is 0 Å². The van der Waals surface area contributed by atoms with Gasteiger partial charge in [-0.15, -0.1) is 0 Å². The maximum atomic E-state index is 3.60. The average molecular weight is 304 g/mol. The smallest absolute Gasteiger partial charge is 0.0577 e. The van der Waals surface area contributed by atoms with Crippen molar-refractivity contribution in [3.63, 3.8) is 0 Å². The minimum absolute atomic E-state index is 0.239. The third kappa shape index (κ3) is 2.65. The van der Waals surface area contributed by atoms with Gasteiger partial charge in [-0.2, -0.15) is 0 Å². The number of hydrogen-bond donors (Lipinski definition) is 1. The van der Waals surface area contributed by atoms with Crippen LogP contribution in [0.25, 0.3) is 0 Å². The van der Waals surface area contributed by atoms with Gasteiger partial charge in [0.2, 0.25) is 0 Å². The highest BCUT2D eigenvalue weighted by atomic mass is 79.9. The molecule has 1 unspecified atom stereocenters. The second-order valence-corrected chi connectivity index (χ2v) is 5.44. The van der Waals surface area contributed by atoms with Crippen molar-refractivity contribution < 1.29 is 0 Å². The molecule has 2 aromatic carbocycles. The molecule has 1 N–H and O–H groups in total. The van der Waals surface area contributed by atoms with Crippen molar-refractivity contribution in [3.8, 4) is 0 Å². The van der Waals surface area contributed by atoms with Crippen LogP contribution in [0.15, 0.2) is 46.9 Å². The molecule has 1 nitrogen and oxygen atoms in total. The fraction of sp³-hybridized carbons (Fsp3) is 0.250. The molecule has 0 fully saturated rings. The van der Waals surface area contributed by atoms with Gasteiger partial charge in [-0.1, -0.05) is 57.9 Å². The zero-order valence-electron chi connectivity index (χ0n) is 11.0. The topological polar surface area (TPSA) is 12.0 Å². The Morgan fingerprint density at radius 1 is 1.00 bits per heavy atom. The molecule has 0 aliphatic heterocycles. The molecule has 0 aliphatic rings. The van der Waals surface area contributed by atoms with Crippen molar-refractivity contribution in [1.29, 1.82) is 0 Å². The van der Waals surface area contributed by atoms with Gasteiger partial charge >= 0.3 is 0 Å². The fourth-order valence-corrected chi connectivity index (χ4v) is 2.58. The van der Waals surface area contributed by atoms with Crippen LogP contribution in [0, 0.1) is 13.8 Å². The number of rotatable bonds is 3. The number of halogens is 1. The Bertz CT molecular complexity index is 531. The van der Waals surface area contributed by atoms with Crippen LogP contribution in [0.5, 0.6) is 0 Å². The molecular weight excluding hydrogens is 286 g/mol. The summed E-state index contributed by atoms with van der Waals surface area (Å²) in [6.07, 6.45) is 0. The van der Waals surface area contributed by atoms with E-state index < -0.39 is 0 Å². The molecule has 0 aromatic heterocycles. The van der Waals surface area contributed by atoms with Crippen molar-refractivity contribution in [3.05, 3.63) is 69.2 Å². The molecule has 94 valence electrons. The van der Waals surface area contributed by atoms with Crippen LogP contribution in [0.1, 0.15) is 28.3 Å². The quantitative estimate of drug-likeness (QED) is 0.887. The highest BCUT2D eigenvalue weighted by Crippen LogP contribution is 2.28. The lowest BCUT2D eigenvalue weighted by molar-refractivity contribution is 0.687. The molecule has 1 atom stereocenters. The zero-order valence-corrected chi connectivity index (χ0v) is 12.6. The van der Waals surface area contributed by atoms with E-state index in [0.717, 1.165) is 4.47 Å². The first kappa shape index (κ1) is 13.3. The largest absolute Gasteiger partial charge is 0.309 e. The molecule has 0 aliphatic carbocycles. The van der Waals surface area contributed by atoms with Crippen molar-refractivity contribution in [2.45, 2.75) is 19.9 Å². The van der Waals surface area contributed by atoms with Crippen LogP contribution < -0.4 is 5.32 Å². The van der Waals surface area contributed by atoms with Crippen LogP contribution in [0.4, 0.5) is 0 Å². The fourth-order valence-electron chi connectivity index (χ4n) is 2.20. The zero-order chi connectivity index (χ0) is 13.1. The van der Waals surface area contributed by atoms with E-state index in [1.807, 2.05) is 7.05 Å². The Labute approximate surface area is 117 Å². The second-order valence-electron chi connectivity index (χ2n) is 4.59. The standard InChI is InChI=1S/C16H18BrN/c1-11-7-9-13(10-8-11)16(18-3)14-5-4-6-15(17)12(14)2/h4-10,16,18H,1-3H3. The molecule has 2 aromatic rings. The number of benzene rings is 2. The van der Waals surface area contributed by atoms with Crippen LogP contribution in [0.3, 0.4) is 0 Å². The van der Waals surface area contributed by atoms with Crippen molar-refractivity contribution >= 4 is 15.9 Å². The monoisotopic (exact) mass is 303 g/mol. The van der Waals surface area contributed by atoms with Crippen LogP contribution in [-0.4, -0.2) is 7.05 Å². The minimum Gasteiger partial charge on any atom is -0.309 e. The average Bonchev–Trinajstić information content (AvgIpc) is 2.37. The molecule has 0 saturated carbocycles. The number of hydrogen-bond acceptors (Lipinski definition) is 1. The molecule has 0 saturated heterocycles. The first-order chi connectivity index (χ1) is 8.63. The maximum Gasteiger partial charge on any atom is 0.0577 e. The molecule has 0 bridgehead atoms. The molecule has 2 rings (SSSR count). The van der Waals surface area contributed by atoms with E-state index in [1.54, 1.807) is 0 Å². The number of aryl methyl sites for hydroxylation is 1. The van der Waals surface area contributed by atoms with Crippen molar-refractivity contribution in [2.24, 2.45) is 0 Å². The van der Waals surface area contributed by atoms with Gasteiger partial charge in [0.15, 0.2) is 0 Å². The Balaban J connectivity index is 2.45. The molecule has 18 heavy (non-hydrogen) atoms. The summed E-state index contributed by atoms with van der Waals surface area (Å²) in [5.41, 5.74) is 5.19. The molecule has 2 heteroatoms. The van der Waals surface area contributed by atoms with Gasteiger partial charge in [-0.05, 0) is 43.7 Å². The Hall–Kier alpha value is -1.12. The van der Waals surface area contributed by atoms with E-state index in [-0.39, 0.29) is 6.04 Å². The first-order valence-electron chi connectivity index (χ1n) is 6.12. The lowest BCUT2D eigenvalue weighted by atomic mass is 9.94. The van der Waals surface area contributed by atoms with Crippen LogP contribution >= 0.6 is 15.9 Å². The summed E-state index contributed by atoms with van der Waals surface area (Å²) in [5.74, 6) is 0. The van der Waals surface area contributed by atoms with Gasteiger partial charge in [0.05, 0.1) is 6.04 Å². The summed E-state index contributed by atoms with van der Waals surface area (Å²) in [4.78, 5) is 0. The highest BCUT2D eigenvalue weighted by Gasteiger charge is 2.14. The van der Waals surface area contributed by atoms with Crippen molar-refractivity contribution in [1.82, 2.24) is 5.32 Å². The van der Waals surface area contributed by atoms with E-state index in [4.69, 9.17) is 0 Å². The highest BCUT2D eigenvalue weighted by molar-refractivity contribution is 9.10. The third-order valence-corrected chi connectivity index (χ3v) is 4.18. The Kier molecular flexibility index (Phi) is 4.20. The normalized spacial score (nSPS) is 12.4. The third-order valence-electron chi connectivity index (χ3n) is 3.32. The Morgan fingerprint density at radius 3 is 2.28 bits per heavy atom. The second kappa shape index (κ2) is 5.68. The summed E-state index contributed by atoms with van der Waals surface area (Å²) in [7, 11) is 2.00. The van der Waals surface area contributed by atoms with E-state index in [1.165, 1.54) is 22.3 Å². The van der Waals surface area contributed by atoms with Gasteiger partial charge in [0.25, 0.3) is 0 Å². The molecule has 0 amide bonds. The summed E-state index contributed by atoms with van der Waals surface area (Å²) < 4.78 is 1.16. The minimum atomic E-state index is 0.239. The van der Waals surface area contributed by atoms with E-state index in [2.05, 4.69) is 77.6 Å². The van der Waals surface area contributed by atoms with Crippen LogP contribution in [0.2, 0.25) is 0 Å². The van der Waals surface area contributed by atoms with E-state index >= 15 is 0 Å². The van der Waals surface area contributed by atoms with Gasteiger partial charge in [0.1, 0.15) is 0 Å². The summed E-state index contributed by atoms with van der Waals surface area (Å²) >= 11 is 3.60. The summed E-state index contributed by atoms with van der Waals surface area (Å²) in [5, 5.41) is 3.40. The summed E-state index contributed by atoms with van der Waals surface area (Å²) in [6.45, 7) is 4.26. The predicted octanol–water partition coefficient (Wildman–Crippen LogP) is 4.37. The van der Waals surface area contributed by atoms with Crippen molar-refractivity contribution in [2.75, 3.05) is 7.05 Å². The predicted molar refractivity (Wildman–Crippen MR) is 81.0 cm³/mol. The SMILES string of the molecule is CNC(c1ccc(C)cc1)c1cccc(Br)c1C. The molecule has 0 radical (unpaired) electrons. The Morgan fingerprint density at radius 2 is 1.67 bits per heavy atom. The maximum absolute atomic E-state index is 3.60. The lowest BCUT2D eigenvalue weighted by Crippen LogP contribution is -2.18. The molecular formula is C16H18BrN. The van der Waals surface area contributed by atoms with E-state index in [0.29, 0.717) is 0 Å². The summed E-state index contributed by atoms with van der Waals surface area (Å²) in [6, 6.07) is 15.3. The van der Waals surface area contributed by atoms with E-state index in [9.17, 15) is 0 Å². The molecule has 0 spiro atoms. The van der Waals surface area contributed by atoms with Gasteiger partial charge in [-0.3, -0.25) is 0 Å².